The highest BCUT2D eigenvalue weighted by Gasteiger charge is 2.35. The van der Waals surface area contributed by atoms with Crippen LogP contribution in [0.1, 0.15) is 23.4 Å². The summed E-state index contributed by atoms with van der Waals surface area (Å²) in [5.41, 5.74) is 1.78. The second-order valence-electron chi connectivity index (χ2n) is 4.64. The van der Waals surface area contributed by atoms with Crippen molar-refractivity contribution in [3.63, 3.8) is 0 Å². The molecule has 0 spiro atoms. The Bertz CT molecular complexity index is 455. The fraction of sp³-hybridized carbons (Fsp3) is 0.583. The second-order valence-corrected chi connectivity index (χ2v) is 4.64. The van der Waals surface area contributed by atoms with E-state index in [1.165, 1.54) is 0 Å². The zero-order chi connectivity index (χ0) is 13.3. The molecular weight excluding hydrogens is 236 g/mol. The van der Waals surface area contributed by atoms with Crippen LogP contribution in [-0.2, 0) is 16.0 Å². The quantitative estimate of drug-likeness (QED) is 0.855. The van der Waals surface area contributed by atoms with Gasteiger partial charge in [0.2, 0.25) is 5.91 Å². The third-order valence-electron chi connectivity index (χ3n) is 3.35. The number of rotatable bonds is 4. The first-order valence-electron chi connectivity index (χ1n) is 5.91. The minimum Gasteiger partial charge on any atom is -0.481 e. The molecule has 1 N–H and O–H groups in total. The number of carbonyl (C=O) groups excluding carboxylic acids is 1. The van der Waals surface area contributed by atoms with E-state index in [9.17, 15) is 9.59 Å². The Kier molecular flexibility index (Phi) is 3.36. The molecule has 6 heteroatoms. The Labute approximate surface area is 105 Å². The summed E-state index contributed by atoms with van der Waals surface area (Å²) in [4.78, 5) is 24.0. The molecule has 0 atom stereocenters. The van der Waals surface area contributed by atoms with Crippen LogP contribution in [0, 0.1) is 19.8 Å². The fourth-order valence-electron chi connectivity index (χ4n) is 2.09. The first-order valence-corrected chi connectivity index (χ1v) is 5.91. The number of nitrogens with zero attached hydrogens (tertiary/aromatic N) is 2. The maximum Gasteiger partial charge on any atom is 0.310 e. The van der Waals surface area contributed by atoms with Crippen molar-refractivity contribution in [2.24, 2.45) is 5.92 Å². The third-order valence-corrected chi connectivity index (χ3v) is 3.35. The molecule has 0 radical (unpaired) electrons. The number of hydrogen-bond acceptors (Lipinski definition) is 4. The molecule has 1 fully saturated rings. The van der Waals surface area contributed by atoms with Gasteiger partial charge in [0, 0.05) is 25.1 Å². The molecule has 1 aliphatic rings. The van der Waals surface area contributed by atoms with Gasteiger partial charge in [-0.25, -0.2) is 0 Å². The van der Waals surface area contributed by atoms with Gasteiger partial charge < -0.3 is 14.5 Å². The molecule has 1 aliphatic heterocycles. The molecule has 0 saturated carbocycles. The maximum absolute atomic E-state index is 11.8. The number of carbonyl (C=O) groups is 2. The second kappa shape index (κ2) is 4.80. The summed E-state index contributed by atoms with van der Waals surface area (Å²) >= 11 is 0. The molecule has 0 bridgehead atoms. The summed E-state index contributed by atoms with van der Waals surface area (Å²) in [7, 11) is 0. The molecule has 2 rings (SSSR count). The summed E-state index contributed by atoms with van der Waals surface area (Å²) in [5.74, 6) is -0.488. The Balaban J connectivity index is 1.82. The van der Waals surface area contributed by atoms with Gasteiger partial charge in [0.05, 0.1) is 11.6 Å². The van der Waals surface area contributed by atoms with Gasteiger partial charge in [-0.1, -0.05) is 5.16 Å². The highest BCUT2D eigenvalue weighted by Crippen LogP contribution is 2.19. The Morgan fingerprint density at radius 1 is 1.44 bits per heavy atom. The van der Waals surface area contributed by atoms with Crippen molar-refractivity contribution in [3.05, 3.63) is 17.0 Å². The normalized spacial score (nSPS) is 15.6. The number of aromatic nitrogens is 1. The van der Waals surface area contributed by atoms with E-state index in [4.69, 9.17) is 9.63 Å². The van der Waals surface area contributed by atoms with E-state index in [1.54, 1.807) is 4.90 Å². The van der Waals surface area contributed by atoms with Gasteiger partial charge >= 0.3 is 5.97 Å². The van der Waals surface area contributed by atoms with Crippen molar-refractivity contribution in [2.75, 3.05) is 13.1 Å². The number of amides is 1. The van der Waals surface area contributed by atoms with Gasteiger partial charge in [-0.15, -0.1) is 0 Å². The van der Waals surface area contributed by atoms with E-state index in [-0.39, 0.29) is 5.91 Å². The van der Waals surface area contributed by atoms with Crippen LogP contribution >= 0.6 is 0 Å². The van der Waals surface area contributed by atoms with Crippen molar-refractivity contribution in [1.29, 1.82) is 0 Å². The topological polar surface area (TPSA) is 83.6 Å². The Morgan fingerprint density at radius 3 is 2.61 bits per heavy atom. The monoisotopic (exact) mass is 252 g/mol. The number of carboxylic acid groups (broad SMARTS) is 1. The van der Waals surface area contributed by atoms with Gasteiger partial charge in [0.25, 0.3) is 0 Å². The Hall–Kier alpha value is -1.85. The van der Waals surface area contributed by atoms with Crippen LogP contribution in [0.25, 0.3) is 0 Å². The number of likely N-dealkylation sites (tertiary alicyclic amines) is 1. The first kappa shape index (κ1) is 12.6. The number of carboxylic acids is 1. The molecule has 2 heterocycles. The molecule has 6 nitrogen and oxygen atoms in total. The average Bonchev–Trinajstić information content (AvgIpc) is 2.53. The smallest absolute Gasteiger partial charge is 0.310 e. The fourth-order valence-corrected chi connectivity index (χ4v) is 2.09. The zero-order valence-electron chi connectivity index (χ0n) is 10.5. The average molecular weight is 252 g/mol. The van der Waals surface area contributed by atoms with Crippen molar-refractivity contribution in [2.45, 2.75) is 26.7 Å². The van der Waals surface area contributed by atoms with E-state index in [1.807, 2.05) is 13.8 Å². The van der Waals surface area contributed by atoms with Gasteiger partial charge in [-0.2, -0.15) is 0 Å². The molecule has 0 unspecified atom stereocenters. The highest BCUT2D eigenvalue weighted by atomic mass is 16.5. The van der Waals surface area contributed by atoms with E-state index in [0.29, 0.717) is 25.9 Å². The largest absolute Gasteiger partial charge is 0.481 e. The minimum atomic E-state index is -0.829. The van der Waals surface area contributed by atoms with Gasteiger partial charge in [-0.3, -0.25) is 9.59 Å². The highest BCUT2D eigenvalue weighted by molar-refractivity contribution is 5.81. The Morgan fingerprint density at radius 2 is 2.11 bits per heavy atom. The van der Waals surface area contributed by atoms with Crippen LogP contribution in [0.5, 0.6) is 0 Å². The number of aliphatic carboxylic acids is 1. The van der Waals surface area contributed by atoms with Crippen LogP contribution in [0.15, 0.2) is 4.52 Å². The van der Waals surface area contributed by atoms with Crippen LogP contribution in [0.2, 0.25) is 0 Å². The lowest BCUT2D eigenvalue weighted by Crippen LogP contribution is -2.53. The van der Waals surface area contributed by atoms with Crippen LogP contribution in [0.4, 0.5) is 0 Å². The standard InChI is InChI=1S/C12H16N2O4/c1-7-10(8(2)18-13-7)3-4-11(15)14-5-9(6-14)12(16)17/h9H,3-6H2,1-2H3,(H,16,17). The molecule has 0 aromatic carbocycles. The maximum atomic E-state index is 11.8. The molecular formula is C12H16N2O4. The summed E-state index contributed by atoms with van der Waals surface area (Å²) in [6.45, 7) is 4.33. The van der Waals surface area contributed by atoms with Crippen LogP contribution < -0.4 is 0 Å². The summed E-state index contributed by atoms with van der Waals surface area (Å²) in [5, 5.41) is 12.6. The van der Waals surface area contributed by atoms with E-state index < -0.39 is 11.9 Å². The van der Waals surface area contributed by atoms with Crippen molar-refractivity contribution >= 4 is 11.9 Å². The lowest BCUT2D eigenvalue weighted by atomic mass is 9.99. The van der Waals surface area contributed by atoms with E-state index >= 15 is 0 Å². The molecule has 1 aromatic rings. The third kappa shape index (κ3) is 2.37. The van der Waals surface area contributed by atoms with Crippen molar-refractivity contribution in [3.8, 4) is 0 Å². The van der Waals surface area contributed by atoms with Crippen LogP contribution in [-0.4, -0.2) is 40.1 Å². The molecule has 1 amide bonds. The molecule has 18 heavy (non-hydrogen) atoms. The predicted octanol–water partition coefficient (Wildman–Crippen LogP) is 0.767. The van der Waals surface area contributed by atoms with Crippen molar-refractivity contribution < 1.29 is 19.2 Å². The van der Waals surface area contributed by atoms with E-state index in [2.05, 4.69) is 5.16 Å². The minimum absolute atomic E-state index is 0.00694. The van der Waals surface area contributed by atoms with E-state index in [0.717, 1.165) is 17.0 Å². The van der Waals surface area contributed by atoms with Crippen LogP contribution in [0.3, 0.4) is 0 Å². The van der Waals surface area contributed by atoms with Gasteiger partial charge in [-0.05, 0) is 20.3 Å². The first-order chi connectivity index (χ1) is 8.49. The lowest BCUT2D eigenvalue weighted by molar-refractivity contribution is -0.152. The van der Waals surface area contributed by atoms with Gasteiger partial charge in [0.1, 0.15) is 5.76 Å². The summed E-state index contributed by atoms with van der Waals surface area (Å²) in [6, 6.07) is 0. The number of aryl methyl sites for hydroxylation is 2. The molecule has 1 saturated heterocycles. The molecule has 1 aromatic heterocycles. The van der Waals surface area contributed by atoms with Gasteiger partial charge in [0.15, 0.2) is 0 Å². The molecule has 0 aliphatic carbocycles. The number of hydrogen-bond donors (Lipinski definition) is 1. The lowest BCUT2D eigenvalue weighted by Gasteiger charge is -2.36. The molecule has 98 valence electrons. The predicted molar refractivity (Wildman–Crippen MR) is 62.0 cm³/mol. The zero-order valence-corrected chi connectivity index (χ0v) is 10.5. The summed E-state index contributed by atoms with van der Waals surface area (Å²) < 4.78 is 5.02. The SMILES string of the molecule is Cc1noc(C)c1CCC(=O)N1CC(C(=O)O)C1. The summed E-state index contributed by atoms with van der Waals surface area (Å²) in [6.07, 6.45) is 0.962. The van der Waals surface area contributed by atoms with Crippen molar-refractivity contribution in [1.82, 2.24) is 10.1 Å².